The molecule has 4 rings (SSSR count). The topological polar surface area (TPSA) is 37.3 Å². The van der Waals surface area contributed by atoms with Gasteiger partial charge in [0.15, 0.2) is 0 Å². The van der Waals surface area contributed by atoms with Gasteiger partial charge in [0, 0.05) is 16.2 Å². The molecule has 2 nitrogen and oxygen atoms in total. The minimum Gasteiger partial charge on any atom is -0.481 e. The molecule has 0 aliphatic heterocycles. The first-order valence-corrected chi connectivity index (χ1v) is 11.7. The average molecular weight is 435 g/mol. The summed E-state index contributed by atoms with van der Waals surface area (Å²) in [6.45, 7) is 2.31. The molecule has 1 aromatic heterocycles. The van der Waals surface area contributed by atoms with Crippen LogP contribution in [0.3, 0.4) is 0 Å². The van der Waals surface area contributed by atoms with E-state index in [2.05, 4.69) is 13.0 Å². The van der Waals surface area contributed by atoms with E-state index in [-0.39, 0.29) is 12.2 Å². The Morgan fingerprint density at radius 3 is 2.74 bits per heavy atom. The smallest absolute Gasteiger partial charge is 0.303 e. The van der Waals surface area contributed by atoms with Crippen LogP contribution in [0.15, 0.2) is 48.5 Å². The zero-order valence-electron chi connectivity index (χ0n) is 17.7. The highest BCUT2D eigenvalue weighted by atomic mass is 32.1. The summed E-state index contributed by atoms with van der Waals surface area (Å²) in [4.78, 5) is 13.3. The van der Waals surface area contributed by atoms with Gasteiger partial charge in [-0.05, 0) is 84.0 Å². The van der Waals surface area contributed by atoms with Crippen molar-refractivity contribution < 1.29 is 14.3 Å². The number of hydrogen-bond donors (Lipinski definition) is 1. The van der Waals surface area contributed by atoms with Gasteiger partial charge in [-0.1, -0.05) is 49.4 Å². The van der Waals surface area contributed by atoms with Crippen LogP contribution in [0.25, 0.3) is 22.6 Å². The maximum Gasteiger partial charge on any atom is 0.303 e. The number of fused-ring (bicyclic) bond motifs is 1. The summed E-state index contributed by atoms with van der Waals surface area (Å²) < 4.78 is 14.0. The standard InChI is InChI=1S/C27H27FO2S/c1-18-5-11-22-17-26(31-25(22)15-18)24-14-13-23(28)16-21(24)12-10-20-8-6-19(7-9-20)3-2-4-27(29)30/h6-10,12-14,16-18H,2-5,11,15H2,1H3,(H,29,30)/b12-10+/t18-/m1/s1. The van der Waals surface area contributed by atoms with Crippen LogP contribution in [0.4, 0.5) is 4.39 Å². The predicted octanol–water partition coefficient (Wildman–Crippen LogP) is 7.26. The molecule has 1 N–H and O–H groups in total. The Labute approximate surface area is 187 Å². The Hall–Kier alpha value is -2.72. The molecule has 0 saturated heterocycles. The quantitative estimate of drug-likeness (QED) is 0.397. The molecule has 160 valence electrons. The summed E-state index contributed by atoms with van der Waals surface area (Å²) in [5, 5.41) is 8.76. The van der Waals surface area contributed by atoms with Gasteiger partial charge < -0.3 is 5.11 Å². The number of carboxylic acids is 1. The lowest BCUT2D eigenvalue weighted by atomic mass is 9.90. The molecule has 1 atom stereocenters. The third kappa shape index (κ3) is 5.50. The van der Waals surface area contributed by atoms with Crippen LogP contribution < -0.4 is 0 Å². The average Bonchev–Trinajstić information content (AvgIpc) is 3.16. The van der Waals surface area contributed by atoms with Gasteiger partial charge in [0.2, 0.25) is 0 Å². The van der Waals surface area contributed by atoms with Crippen molar-refractivity contribution in [1.29, 1.82) is 0 Å². The van der Waals surface area contributed by atoms with Gasteiger partial charge in [-0.2, -0.15) is 0 Å². The molecule has 0 amide bonds. The first-order valence-electron chi connectivity index (χ1n) is 10.9. The van der Waals surface area contributed by atoms with Crippen LogP contribution in [0, 0.1) is 11.7 Å². The molecule has 0 saturated carbocycles. The van der Waals surface area contributed by atoms with Crippen LogP contribution >= 0.6 is 11.3 Å². The van der Waals surface area contributed by atoms with E-state index in [0.29, 0.717) is 6.42 Å². The lowest BCUT2D eigenvalue weighted by Gasteiger charge is -2.16. The summed E-state index contributed by atoms with van der Waals surface area (Å²) in [5.74, 6) is -0.252. The first-order chi connectivity index (χ1) is 15.0. The Bertz CT molecular complexity index is 1090. The number of hydrogen-bond acceptors (Lipinski definition) is 2. The molecular formula is C27H27FO2S. The van der Waals surface area contributed by atoms with Crippen LogP contribution in [-0.4, -0.2) is 11.1 Å². The van der Waals surface area contributed by atoms with Crippen molar-refractivity contribution in [1.82, 2.24) is 0 Å². The fourth-order valence-corrected chi connectivity index (χ4v) is 5.55. The summed E-state index contributed by atoms with van der Waals surface area (Å²) >= 11 is 1.85. The zero-order chi connectivity index (χ0) is 21.8. The molecule has 0 unspecified atom stereocenters. The summed E-state index contributed by atoms with van der Waals surface area (Å²) in [6, 6.07) is 15.4. The largest absolute Gasteiger partial charge is 0.481 e. The normalized spacial score (nSPS) is 15.9. The van der Waals surface area contributed by atoms with E-state index in [4.69, 9.17) is 5.11 Å². The second-order valence-electron chi connectivity index (χ2n) is 8.46. The van der Waals surface area contributed by atoms with Crippen LogP contribution in [0.2, 0.25) is 0 Å². The summed E-state index contributed by atoms with van der Waals surface area (Å²) in [5.41, 5.74) is 5.59. The maximum absolute atomic E-state index is 14.0. The second kappa shape index (κ2) is 9.61. The summed E-state index contributed by atoms with van der Waals surface area (Å²) in [7, 11) is 0. The number of thiophene rings is 1. The minimum absolute atomic E-state index is 0.190. The SMILES string of the molecule is C[C@@H]1CCc2cc(-c3ccc(F)cc3/C=C/c3ccc(CCCC(=O)O)cc3)sc2C1. The monoisotopic (exact) mass is 434 g/mol. The number of aliphatic carboxylic acids is 1. The fourth-order valence-electron chi connectivity index (χ4n) is 4.13. The molecule has 1 aliphatic carbocycles. The number of carbonyl (C=O) groups is 1. The molecule has 0 radical (unpaired) electrons. The Morgan fingerprint density at radius 2 is 1.97 bits per heavy atom. The van der Waals surface area contributed by atoms with Crippen molar-refractivity contribution in [2.75, 3.05) is 0 Å². The van der Waals surface area contributed by atoms with E-state index in [1.54, 1.807) is 12.1 Å². The molecule has 31 heavy (non-hydrogen) atoms. The third-order valence-corrected chi connectivity index (χ3v) is 7.14. The first kappa shape index (κ1) is 21.5. The maximum atomic E-state index is 14.0. The van der Waals surface area contributed by atoms with E-state index >= 15 is 0 Å². The molecule has 2 aromatic carbocycles. The van der Waals surface area contributed by atoms with Gasteiger partial charge in [-0.25, -0.2) is 4.39 Å². The molecule has 3 aromatic rings. The van der Waals surface area contributed by atoms with Gasteiger partial charge in [-0.15, -0.1) is 11.3 Å². The summed E-state index contributed by atoms with van der Waals surface area (Å²) in [6.07, 6.45) is 9.10. The number of benzene rings is 2. The van der Waals surface area contributed by atoms with Crippen LogP contribution in [-0.2, 0) is 24.1 Å². The lowest BCUT2D eigenvalue weighted by Crippen LogP contribution is -2.07. The highest BCUT2D eigenvalue weighted by Gasteiger charge is 2.19. The van der Waals surface area contributed by atoms with Crippen molar-refractivity contribution in [3.05, 3.63) is 81.5 Å². The highest BCUT2D eigenvalue weighted by Crippen LogP contribution is 2.39. The molecule has 4 heteroatoms. The third-order valence-electron chi connectivity index (χ3n) is 5.91. The van der Waals surface area contributed by atoms with Gasteiger partial charge >= 0.3 is 5.97 Å². The highest BCUT2D eigenvalue weighted by molar-refractivity contribution is 7.15. The lowest BCUT2D eigenvalue weighted by molar-refractivity contribution is -0.137. The van der Waals surface area contributed by atoms with E-state index < -0.39 is 5.97 Å². The van der Waals surface area contributed by atoms with Crippen molar-refractivity contribution in [2.24, 2.45) is 5.92 Å². The van der Waals surface area contributed by atoms with Gasteiger partial charge in [-0.3, -0.25) is 4.79 Å². The predicted molar refractivity (Wildman–Crippen MR) is 127 cm³/mol. The number of halogens is 1. The molecule has 0 fully saturated rings. The van der Waals surface area contributed by atoms with Crippen LogP contribution in [0.1, 0.15) is 53.3 Å². The second-order valence-corrected chi connectivity index (χ2v) is 9.60. The fraction of sp³-hybridized carbons (Fsp3) is 0.296. The zero-order valence-corrected chi connectivity index (χ0v) is 18.6. The van der Waals surface area contributed by atoms with E-state index in [0.717, 1.165) is 47.4 Å². The minimum atomic E-state index is -0.758. The van der Waals surface area contributed by atoms with Crippen LogP contribution in [0.5, 0.6) is 0 Å². The molecule has 0 spiro atoms. The number of rotatable bonds is 7. The van der Waals surface area contributed by atoms with Gasteiger partial charge in [0.25, 0.3) is 0 Å². The molecule has 1 aliphatic rings. The van der Waals surface area contributed by atoms with Crippen molar-refractivity contribution in [3.8, 4) is 10.4 Å². The van der Waals surface area contributed by atoms with Crippen molar-refractivity contribution >= 4 is 29.5 Å². The molecule has 0 bridgehead atoms. The van der Waals surface area contributed by atoms with Gasteiger partial charge in [0.1, 0.15) is 5.82 Å². The molecule has 1 heterocycles. The Kier molecular flexibility index (Phi) is 6.67. The van der Waals surface area contributed by atoms with E-state index in [1.807, 2.05) is 53.8 Å². The van der Waals surface area contributed by atoms with Crippen molar-refractivity contribution in [3.63, 3.8) is 0 Å². The van der Waals surface area contributed by atoms with E-state index in [1.165, 1.54) is 21.7 Å². The van der Waals surface area contributed by atoms with E-state index in [9.17, 15) is 9.18 Å². The molecular weight excluding hydrogens is 407 g/mol. The number of aryl methyl sites for hydroxylation is 2. The van der Waals surface area contributed by atoms with Gasteiger partial charge in [0.05, 0.1) is 0 Å². The van der Waals surface area contributed by atoms with Crippen molar-refractivity contribution in [2.45, 2.75) is 45.4 Å². The Balaban J connectivity index is 1.53. The Morgan fingerprint density at radius 1 is 1.16 bits per heavy atom. The number of carboxylic acid groups (broad SMARTS) is 1.